The van der Waals surface area contributed by atoms with Gasteiger partial charge in [-0.25, -0.2) is 15.0 Å². The van der Waals surface area contributed by atoms with Gasteiger partial charge in [0.15, 0.2) is 0 Å². The first kappa shape index (κ1) is 20.6. The fourth-order valence-corrected chi connectivity index (χ4v) is 3.55. The third kappa shape index (κ3) is 4.91. The fourth-order valence-electron chi connectivity index (χ4n) is 3.55. The number of hydrogen-bond donors (Lipinski definition) is 1. The van der Waals surface area contributed by atoms with E-state index in [0.29, 0.717) is 18.9 Å². The first-order valence-electron chi connectivity index (χ1n) is 10.3. The number of piperazine rings is 1. The molecule has 1 amide bonds. The Morgan fingerprint density at radius 2 is 1.65 bits per heavy atom. The summed E-state index contributed by atoms with van der Waals surface area (Å²) in [6, 6.07) is 13.6. The Labute approximate surface area is 182 Å². The summed E-state index contributed by atoms with van der Waals surface area (Å²) in [5.74, 6) is 2.36. The van der Waals surface area contributed by atoms with Crippen LogP contribution in [0.25, 0.3) is 0 Å². The standard InChI is InChI=1S/C23H27N7O/c1-17-8-9-24-20(14-17)27-21-15-22(26-16-25-21)29-10-12-30(13-11-29)23(31)18-4-6-19(7-5-18)28(2)3/h4-9,14-16H,10-13H2,1-3H3,(H,24,25,26,27). The summed E-state index contributed by atoms with van der Waals surface area (Å²) < 4.78 is 0. The Hall–Kier alpha value is -3.68. The van der Waals surface area contributed by atoms with Crippen LogP contribution < -0.4 is 15.1 Å². The zero-order chi connectivity index (χ0) is 21.8. The summed E-state index contributed by atoms with van der Waals surface area (Å²) >= 11 is 0. The van der Waals surface area contributed by atoms with Crippen molar-refractivity contribution in [2.75, 3.05) is 55.4 Å². The van der Waals surface area contributed by atoms with Gasteiger partial charge in [-0.15, -0.1) is 0 Å². The molecule has 4 rings (SSSR count). The molecule has 0 saturated carbocycles. The molecule has 3 heterocycles. The van der Waals surface area contributed by atoms with E-state index in [-0.39, 0.29) is 5.91 Å². The van der Waals surface area contributed by atoms with Crippen molar-refractivity contribution >= 4 is 29.0 Å². The highest BCUT2D eigenvalue weighted by Crippen LogP contribution is 2.20. The van der Waals surface area contributed by atoms with Gasteiger partial charge in [0.1, 0.15) is 23.8 Å². The molecule has 3 aromatic rings. The maximum absolute atomic E-state index is 12.9. The van der Waals surface area contributed by atoms with Gasteiger partial charge in [0.05, 0.1) is 0 Å². The second-order valence-corrected chi connectivity index (χ2v) is 7.83. The number of pyridine rings is 1. The van der Waals surface area contributed by atoms with E-state index < -0.39 is 0 Å². The molecule has 0 radical (unpaired) electrons. The van der Waals surface area contributed by atoms with Crippen LogP contribution in [0.4, 0.5) is 23.1 Å². The zero-order valence-electron chi connectivity index (χ0n) is 18.1. The van der Waals surface area contributed by atoms with Gasteiger partial charge in [0, 0.05) is 63.8 Å². The minimum Gasteiger partial charge on any atom is -0.378 e. The van der Waals surface area contributed by atoms with Crippen molar-refractivity contribution < 1.29 is 4.79 Å². The topological polar surface area (TPSA) is 77.5 Å². The van der Waals surface area contributed by atoms with Crippen molar-refractivity contribution in [3.8, 4) is 0 Å². The van der Waals surface area contributed by atoms with Crippen molar-refractivity contribution in [1.29, 1.82) is 0 Å². The lowest BCUT2D eigenvalue weighted by Crippen LogP contribution is -2.49. The van der Waals surface area contributed by atoms with Crippen molar-refractivity contribution in [3.63, 3.8) is 0 Å². The van der Waals surface area contributed by atoms with Crippen molar-refractivity contribution in [2.24, 2.45) is 0 Å². The third-order valence-electron chi connectivity index (χ3n) is 5.35. The van der Waals surface area contributed by atoms with Crippen LogP contribution in [0.15, 0.2) is 55.0 Å². The SMILES string of the molecule is Cc1ccnc(Nc2cc(N3CCN(C(=O)c4ccc(N(C)C)cc4)CC3)ncn2)c1. The monoisotopic (exact) mass is 417 g/mol. The fraction of sp³-hybridized carbons (Fsp3) is 0.304. The number of hydrogen-bond acceptors (Lipinski definition) is 7. The molecule has 160 valence electrons. The van der Waals surface area contributed by atoms with E-state index in [0.717, 1.165) is 41.5 Å². The van der Waals surface area contributed by atoms with Crippen LogP contribution in [0.2, 0.25) is 0 Å². The molecule has 2 aromatic heterocycles. The molecule has 1 fully saturated rings. The number of nitrogens with one attached hydrogen (secondary N) is 1. The Morgan fingerprint density at radius 1 is 0.935 bits per heavy atom. The van der Waals surface area contributed by atoms with Crippen LogP contribution in [0, 0.1) is 6.92 Å². The molecule has 0 unspecified atom stereocenters. The van der Waals surface area contributed by atoms with Crippen LogP contribution in [0.5, 0.6) is 0 Å². The van der Waals surface area contributed by atoms with Gasteiger partial charge in [-0.05, 0) is 48.9 Å². The summed E-state index contributed by atoms with van der Waals surface area (Å²) in [5.41, 5.74) is 2.93. The van der Waals surface area contributed by atoms with Crippen LogP contribution in [0.3, 0.4) is 0 Å². The molecule has 1 N–H and O–H groups in total. The molecule has 0 bridgehead atoms. The van der Waals surface area contributed by atoms with Gasteiger partial charge in [-0.1, -0.05) is 0 Å². The van der Waals surface area contributed by atoms with Gasteiger partial charge in [-0.3, -0.25) is 4.79 Å². The maximum atomic E-state index is 12.9. The first-order valence-corrected chi connectivity index (χ1v) is 10.3. The Morgan fingerprint density at radius 3 is 2.32 bits per heavy atom. The van der Waals surface area contributed by atoms with Crippen LogP contribution >= 0.6 is 0 Å². The molecule has 8 nitrogen and oxygen atoms in total. The molecule has 1 aliphatic rings. The van der Waals surface area contributed by atoms with Crippen LogP contribution in [-0.4, -0.2) is 66.0 Å². The lowest BCUT2D eigenvalue weighted by atomic mass is 10.1. The van der Waals surface area contributed by atoms with Gasteiger partial charge in [0.2, 0.25) is 0 Å². The normalized spacial score (nSPS) is 13.8. The largest absolute Gasteiger partial charge is 0.378 e. The van der Waals surface area contributed by atoms with E-state index in [1.165, 1.54) is 0 Å². The molecule has 31 heavy (non-hydrogen) atoms. The Bertz CT molecular complexity index is 1040. The van der Waals surface area contributed by atoms with Gasteiger partial charge in [0.25, 0.3) is 5.91 Å². The minimum atomic E-state index is 0.0699. The molecular weight excluding hydrogens is 390 g/mol. The predicted octanol–water partition coefficient (Wildman–Crippen LogP) is 2.95. The quantitative estimate of drug-likeness (QED) is 0.684. The van der Waals surface area contributed by atoms with Crippen LogP contribution in [-0.2, 0) is 0 Å². The number of amides is 1. The summed E-state index contributed by atoms with van der Waals surface area (Å²) in [6.45, 7) is 4.78. The average molecular weight is 418 g/mol. The highest BCUT2D eigenvalue weighted by Gasteiger charge is 2.23. The molecule has 1 aliphatic heterocycles. The van der Waals surface area contributed by atoms with E-state index >= 15 is 0 Å². The lowest BCUT2D eigenvalue weighted by Gasteiger charge is -2.35. The molecule has 0 atom stereocenters. The molecule has 8 heteroatoms. The summed E-state index contributed by atoms with van der Waals surface area (Å²) in [4.78, 5) is 32.0. The number of carbonyl (C=O) groups excluding carboxylic acids is 1. The molecule has 0 spiro atoms. The van der Waals surface area contributed by atoms with Gasteiger partial charge in [-0.2, -0.15) is 0 Å². The van der Waals surface area contributed by atoms with Crippen molar-refractivity contribution in [3.05, 3.63) is 66.1 Å². The first-order chi connectivity index (χ1) is 15.0. The maximum Gasteiger partial charge on any atom is 0.253 e. The summed E-state index contributed by atoms with van der Waals surface area (Å²) in [6.07, 6.45) is 3.32. The number of aromatic nitrogens is 3. The molecule has 0 aliphatic carbocycles. The zero-order valence-corrected chi connectivity index (χ0v) is 18.1. The number of aryl methyl sites for hydroxylation is 1. The van der Waals surface area contributed by atoms with Gasteiger partial charge >= 0.3 is 0 Å². The summed E-state index contributed by atoms with van der Waals surface area (Å²) in [5, 5.41) is 3.23. The highest BCUT2D eigenvalue weighted by atomic mass is 16.2. The Balaban J connectivity index is 1.38. The van der Waals surface area contributed by atoms with E-state index in [4.69, 9.17) is 0 Å². The smallest absolute Gasteiger partial charge is 0.253 e. The Kier molecular flexibility index (Phi) is 5.97. The van der Waals surface area contributed by atoms with Crippen LogP contribution in [0.1, 0.15) is 15.9 Å². The second kappa shape index (κ2) is 8.99. The van der Waals surface area contributed by atoms with Crippen molar-refractivity contribution in [2.45, 2.75) is 6.92 Å². The number of anilines is 4. The second-order valence-electron chi connectivity index (χ2n) is 7.83. The number of benzene rings is 1. The highest BCUT2D eigenvalue weighted by molar-refractivity contribution is 5.94. The lowest BCUT2D eigenvalue weighted by molar-refractivity contribution is 0.0746. The molecule has 1 aromatic carbocycles. The van der Waals surface area contributed by atoms with E-state index in [2.05, 4.69) is 25.2 Å². The number of carbonyl (C=O) groups is 1. The minimum absolute atomic E-state index is 0.0699. The number of nitrogens with zero attached hydrogens (tertiary/aromatic N) is 6. The average Bonchev–Trinajstić information content (AvgIpc) is 2.79. The van der Waals surface area contributed by atoms with E-state index in [1.807, 2.05) is 73.3 Å². The summed E-state index contributed by atoms with van der Waals surface area (Å²) in [7, 11) is 3.98. The molecular formula is C23H27N7O. The van der Waals surface area contributed by atoms with E-state index in [1.54, 1.807) is 12.5 Å². The third-order valence-corrected chi connectivity index (χ3v) is 5.35. The molecule has 1 saturated heterocycles. The predicted molar refractivity (Wildman–Crippen MR) is 123 cm³/mol. The van der Waals surface area contributed by atoms with Crippen molar-refractivity contribution in [1.82, 2.24) is 19.9 Å². The van der Waals surface area contributed by atoms with E-state index in [9.17, 15) is 4.79 Å². The van der Waals surface area contributed by atoms with Gasteiger partial charge < -0.3 is 20.0 Å². The number of rotatable bonds is 5.